The molecule has 1 unspecified atom stereocenters. The third-order valence-electron chi connectivity index (χ3n) is 3.21. The lowest BCUT2D eigenvalue weighted by atomic mass is 10.1. The molecule has 1 atom stereocenters. The third-order valence-corrected chi connectivity index (χ3v) is 3.21. The van der Waals surface area contributed by atoms with Crippen LogP contribution >= 0.6 is 0 Å². The molecule has 2 aromatic rings. The highest BCUT2D eigenvalue weighted by Gasteiger charge is 2.13. The summed E-state index contributed by atoms with van der Waals surface area (Å²) in [6, 6.07) is 10.6. The van der Waals surface area contributed by atoms with Gasteiger partial charge in [-0.2, -0.15) is 0 Å². The highest BCUT2D eigenvalue weighted by Crippen LogP contribution is 2.22. The van der Waals surface area contributed by atoms with Gasteiger partial charge in [-0.1, -0.05) is 12.1 Å². The van der Waals surface area contributed by atoms with Crippen molar-refractivity contribution in [1.82, 2.24) is 5.32 Å². The van der Waals surface area contributed by atoms with Crippen LogP contribution in [0.2, 0.25) is 0 Å². The van der Waals surface area contributed by atoms with E-state index in [1.54, 1.807) is 30.3 Å². The molecule has 4 nitrogen and oxygen atoms in total. The first-order chi connectivity index (χ1) is 10.0. The van der Waals surface area contributed by atoms with Crippen LogP contribution in [0.5, 0.6) is 5.75 Å². The van der Waals surface area contributed by atoms with Crippen molar-refractivity contribution < 1.29 is 13.9 Å². The van der Waals surface area contributed by atoms with E-state index in [0.29, 0.717) is 17.0 Å². The summed E-state index contributed by atoms with van der Waals surface area (Å²) in [7, 11) is 1.49. The lowest BCUT2D eigenvalue weighted by Gasteiger charge is -2.15. The second-order valence-electron chi connectivity index (χ2n) is 4.70. The molecule has 0 bridgehead atoms. The van der Waals surface area contributed by atoms with Gasteiger partial charge in [-0.15, -0.1) is 0 Å². The minimum atomic E-state index is -0.305. The van der Waals surface area contributed by atoms with Gasteiger partial charge in [0.25, 0.3) is 5.91 Å². The van der Waals surface area contributed by atoms with Gasteiger partial charge in [0.05, 0.1) is 18.8 Å². The van der Waals surface area contributed by atoms with Crippen molar-refractivity contribution in [2.24, 2.45) is 0 Å². The summed E-state index contributed by atoms with van der Waals surface area (Å²) in [4.78, 5) is 12.2. The highest BCUT2D eigenvalue weighted by atomic mass is 19.1. The first kappa shape index (κ1) is 14.8. The Hall–Kier alpha value is -2.56. The maximum atomic E-state index is 12.9. The van der Waals surface area contributed by atoms with Crippen molar-refractivity contribution >= 4 is 11.6 Å². The van der Waals surface area contributed by atoms with Crippen molar-refractivity contribution in [3.05, 3.63) is 59.4 Å². The van der Waals surface area contributed by atoms with E-state index in [1.807, 2.05) is 6.92 Å². The Bertz CT molecular complexity index is 641. The normalized spacial score (nSPS) is 11.8. The van der Waals surface area contributed by atoms with Crippen molar-refractivity contribution in [1.29, 1.82) is 0 Å². The molecule has 0 spiro atoms. The number of benzene rings is 2. The minimum absolute atomic E-state index is 0.235. The number of carbonyl (C=O) groups excluding carboxylic acids is 1. The first-order valence-electron chi connectivity index (χ1n) is 6.51. The molecule has 2 rings (SSSR count). The summed E-state index contributed by atoms with van der Waals surface area (Å²) in [6.45, 7) is 1.83. The summed E-state index contributed by atoms with van der Waals surface area (Å²) in [5, 5.41) is 2.84. The van der Waals surface area contributed by atoms with Gasteiger partial charge in [0.1, 0.15) is 11.6 Å². The third kappa shape index (κ3) is 3.51. The first-order valence-corrected chi connectivity index (χ1v) is 6.51. The number of hydrogen-bond donors (Lipinski definition) is 2. The van der Waals surface area contributed by atoms with Gasteiger partial charge in [0.2, 0.25) is 0 Å². The highest BCUT2D eigenvalue weighted by molar-refractivity contribution is 5.95. The molecule has 0 aromatic heterocycles. The topological polar surface area (TPSA) is 64.3 Å². The van der Waals surface area contributed by atoms with Crippen LogP contribution < -0.4 is 15.8 Å². The molecule has 21 heavy (non-hydrogen) atoms. The van der Waals surface area contributed by atoms with Crippen molar-refractivity contribution in [2.75, 3.05) is 12.8 Å². The van der Waals surface area contributed by atoms with Crippen LogP contribution in [0.4, 0.5) is 10.1 Å². The Morgan fingerprint density at radius 3 is 2.52 bits per heavy atom. The number of anilines is 1. The number of amides is 1. The molecule has 0 radical (unpaired) electrons. The predicted molar refractivity (Wildman–Crippen MR) is 79.7 cm³/mol. The smallest absolute Gasteiger partial charge is 0.251 e. The van der Waals surface area contributed by atoms with E-state index >= 15 is 0 Å². The number of hydrogen-bond acceptors (Lipinski definition) is 3. The van der Waals surface area contributed by atoms with Crippen LogP contribution in [0.15, 0.2) is 42.5 Å². The molecule has 0 aliphatic heterocycles. The SMILES string of the molecule is COc1cc(C(=O)NC(C)c2ccc(F)cc2)ccc1N. The Kier molecular flexibility index (Phi) is 4.42. The molecule has 0 fully saturated rings. The summed E-state index contributed by atoms with van der Waals surface area (Å²) in [5.41, 5.74) is 7.47. The Balaban J connectivity index is 2.12. The van der Waals surface area contributed by atoms with Crippen LogP contribution in [-0.4, -0.2) is 13.0 Å². The number of rotatable bonds is 4. The summed E-state index contributed by atoms with van der Waals surface area (Å²) < 4.78 is 18.0. The molecule has 3 N–H and O–H groups in total. The van der Waals surface area contributed by atoms with Crippen LogP contribution in [0.25, 0.3) is 0 Å². The zero-order chi connectivity index (χ0) is 15.4. The Morgan fingerprint density at radius 2 is 1.90 bits per heavy atom. The van der Waals surface area contributed by atoms with Crippen molar-refractivity contribution in [3.8, 4) is 5.75 Å². The van der Waals surface area contributed by atoms with Gasteiger partial charge < -0.3 is 15.8 Å². The van der Waals surface area contributed by atoms with E-state index in [2.05, 4.69) is 5.32 Å². The predicted octanol–water partition coefficient (Wildman–Crippen LogP) is 2.91. The Morgan fingerprint density at radius 1 is 1.24 bits per heavy atom. The van der Waals surface area contributed by atoms with Gasteiger partial charge in [0, 0.05) is 5.56 Å². The lowest BCUT2D eigenvalue weighted by molar-refractivity contribution is 0.0939. The van der Waals surface area contributed by atoms with Gasteiger partial charge in [-0.05, 0) is 42.8 Å². The van der Waals surface area contributed by atoms with Crippen molar-refractivity contribution in [3.63, 3.8) is 0 Å². The molecule has 0 saturated heterocycles. The van der Waals surface area contributed by atoms with E-state index in [1.165, 1.54) is 19.2 Å². The number of nitrogen functional groups attached to an aromatic ring is 1. The zero-order valence-electron chi connectivity index (χ0n) is 11.9. The number of ether oxygens (including phenoxy) is 1. The van der Waals surface area contributed by atoms with E-state index in [0.717, 1.165) is 5.56 Å². The van der Waals surface area contributed by atoms with E-state index in [9.17, 15) is 9.18 Å². The maximum Gasteiger partial charge on any atom is 0.251 e. The van der Waals surface area contributed by atoms with Crippen LogP contribution in [-0.2, 0) is 0 Å². The monoisotopic (exact) mass is 288 g/mol. The van der Waals surface area contributed by atoms with Crippen LogP contribution in [0.1, 0.15) is 28.9 Å². The zero-order valence-corrected chi connectivity index (χ0v) is 11.9. The van der Waals surface area contributed by atoms with Crippen LogP contribution in [0, 0.1) is 5.82 Å². The quantitative estimate of drug-likeness (QED) is 0.850. The fourth-order valence-electron chi connectivity index (χ4n) is 1.97. The summed E-state index contributed by atoms with van der Waals surface area (Å²) >= 11 is 0. The largest absolute Gasteiger partial charge is 0.495 e. The molecule has 0 heterocycles. The molecule has 1 amide bonds. The fraction of sp³-hybridized carbons (Fsp3) is 0.188. The number of carbonyl (C=O) groups is 1. The average Bonchev–Trinajstić information content (AvgIpc) is 2.48. The Labute approximate surface area is 122 Å². The van der Waals surface area contributed by atoms with Gasteiger partial charge in [-0.3, -0.25) is 4.79 Å². The molecule has 0 saturated carbocycles. The van der Waals surface area contributed by atoms with Gasteiger partial charge >= 0.3 is 0 Å². The number of halogens is 1. The number of nitrogens with one attached hydrogen (secondary N) is 1. The van der Waals surface area contributed by atoms with Crippen molar-refractivity contribution in [2.45, 2.75) is 13.0 Å². The van der Waals surface area contributed by atoms with E-state index in [4.69, 9.17) is 10.5 Å². The summed E-state index contributed by atoms with van der Waals surface area (Å²) in [5.74, 6) is -0.0947. The molecular weight excluding hydrogens is 271 g/mol. The van der Waals surface area contributed by atoms with Gasteiger partial charge in [0.15, 0.2) is 0 Å². The second kappa shape index (κ2) is 6.26. The van der Waals surface area contributed by atoms with Gasteiger partial charge in [-0.25, -0.2) is 4.39 Å². The standard InChI is InChI=1S/C16H17FN2O2/c1-10(11-3-6-13(17)7-4-11)19-16(20)12-5-8-14(18)15(9-12)21-2/h3-10H,18H2,1-2H3,(H,19,20). The number of methoxy groups -OCH3 is 1. The summed E-state index contributed by atoms with van der Waals surface area (Å²) in [6.07, 6.45) is 0. The van der Waals surface area contributed by atoms with Crippen LogP contribution in [0.3, 0.4) is 0 Å². The van der Waals surface area contributed by atoms with E-state index < -0.39 is 0 Å². The molecule has 5 heteroatoms. The lowest BCUT2D eigenvalue weighted by Crippen LogP contribution is -2.26. The molecule has 0 aliphatic carbocycles. The molecule has 0 aliphatic rings. The molecule has 2 aromatic carbocycles. The second-order valence-corrected chi connectivity index (χ2v) is 4.70. The average molecular weight is 288 g/mol. The molecule has 110 valence electrons. The fourth-order valence-corrected chi connectivity index (χ4v) is 1.97. The van der Waals surface area contributed by atoms with E-state index in [-0.39, 0.29) is 17.8 Å². The minimum Gasteiger partial charge on any atom is -0.495 e. The molecular formula is C16H17FN2O2. The number of nitrogens with two attached hydrogens (primary N) is 1. The maximum absolute atomic E-state index is 12.9.